The Kier molecular flexibility index (Phi) is 42.6. The Labute approximate surface area is 632 Å². The maximum absolute atomic E-state index is 13.8. The Morgan fingerprint density at radius 1 is 0.651 bits per heavy atom. The molecule has 0 saturated carbocycles. The maximum Gasteiger partial charge on any atom is 0.328 e. The Bertz CT molecular complexity index is 3590. The zero-order valence-corrected chi connectivity index (χ0v) is 63.9. The Morgan fingerprint density at radius 3 is 1.78 bits per heavy atom. The van der Waals surface area contributed by atoms with Crippen LogP contribution in [0.2, 0.25) is 0 Å². The van der Waals surface area contributed by atoms with Gasteiger partial charge in [-0.15, -0.1) is 0 Å². The number of rotatable bonds is 54. The van der Waals surface area contributed by atoms with E-state index >= 15 is 0 Å². The van der Waals surface area contributed by atoms with Crippen molar-refractivity contribution in [2.24, 2.45) is 0 Å². The van der Waals surface area contributed by atoms with Gasteiger partial charge in [0.15, 0.2) is 5.95 Å². The fourth-order valence-corrected chi connectivity index (χ4v) is 13.4. The van der Waals surface area contributed by atoms with Crippen molar-refractivity contribution in [3.05, 3.63) is 65.6 Å². The number of aromatic nitrogens is 4. The van der Waals surface area contributed by atoms with Gasteiger partial charge in [-0.25, -0.2) is 18.3 Å². The third-order valence-corrected chi connectivity index (χ3v) is 19.0. The topological polar surface area (TPSA) is 549 Å². The molecule has 41 nitrogen and oxygen atoms in total. The van der Waals surface area contributed by atoms with Crippen LogP contribution in [0.25, 0.3) is 10.9 Å². The molecule has 0 spiro atoms. The van der Waals surface area contributed by atoms with Gasteiger partial charge in [0, 0.05) is 135 Å². The van der Waals surface area contributed by atoms with Crippen LogP contribution in [0.1, 0.15) is 72.9 Å². The van der Waals surface area contributed by atoms with E-state index in [0.717, 1.165) is 16.8 Å². The minimum absolute atomic E-state index is 0.100. The molecule has 610 valence electrons. The number of aromatic amines is 1. The molecule has 0 radical (unpaired) electrons. The summed E-state index contributed by atoms with van der Waals surface area (Å²) in [6.07, 6.45) is 7.88. The molecule has 5 amide bonds. The molecular weight excluding hydrogens is 1500 g/mol. The SMILES string of the molecule is Cc1cc(OCCCC(=O)NCCCOCCOCCOCCCNC(=O)[C@@H](CCCCNC(=O)CN(COP(O)O)CO[PH](=O)O)NC(=O)CN2CCN(CC(=O)O)CCN(CC(=O)O)CCN(CC(=O)O)CC2)cc(C)c1S(=O)(=O)NC(CNC(=O)c1ccc2c(cnn2CCCNc2ncc[nH]2)c1)C(=O)O. The highest BCUT2D eigenvalue weighted by Gasteiger charge is 2.30. The van der Waals surface area contributed by atoms with Gasteiger partial charge in [-0.05, 0) is 100 Å². The van der Waals surface area contributed by atoms with Crippen LogP contribution in [-0.4, -0.2) is 331 Å². The molecule has 2 aromatic carbocycles. The lowest BCUT2D eigenvalue weighted by molar-refractivity contribution is -0.140. The lowest BCUT2D eigenvalue weighted by Crippen LogP contribution is -2.52. The summed E-state index contributed by atoms with van der Waals surface area (Å²) in [5.41, 5.74) is 1.58. The number of nitrogens with one attached hydrogen (secondary N) is 8. The summed E-state index contributed by atoms with van der Waals surface area (Å²) in [5.74, 6) is -6.30. The minimum Gasteiger partial charge on any atom is -0.494 e. The number of benzene rings is 2. The molecule has 3 atom stereocenters. The summed E-state index contributed by atoms with van der Waals surface area (Å²) >= 11 is 0. The molecule has 5 rings (SSSR count). The number of hydrogen-bond donors (Lipinski definition) is 15. The van der Waals surface area contributed by atoms with E-state index in [1.54, 1.807) is 74.9 Å². The van der Waals surface area contributed by atoms with E-state index in [9.17, 15) is 76.6 Å². The Balaban J connectivity index is 0.961. The van der Waals surface area contributed by atoms with E-state index in [1.807, 2.05) is 0 Å². The number of aryl methyl sites for hydroxylation is 3. The van der Waals surface area contributed by atoms with Crippen molar-refractivity contribution in [1.82, 2.24) is 75.6 Å². The van der Waals surface area contributed by atoms with Crippen molar-refractivity contribution in [2.45, 2.75) is 88.7 Å². The first kappa shape index (κ1) is 91.6. The quantitative estimate of drug-likeness (QED) is 0.0134. The largest absolute Gasteiger partial charge is 0.494 e. The Morgan fingerprint density at radius 2 is 1.22 bits per heavy atom. The van der Waals surface area contributed by atoms with Gasteiger partial charge in [-0.2, -0.15) is 9.82 Å². The summed E-state index contributed by atoms with van der Waals surface area (Å²) in [6, 6.07) is 5.15. The normalized spacial score (nSPS) is 14.6. The smallest absolute Gasteiger partial charge is 0.328 e. The predicted octanol–water partition coefficient (Wildman–Crippen LogP) is -1.65. The molecule has 1 fully saturated rings. The number of carboxylic acid groups (broad SMARTS) is 4. The third kappa shape index (κ3) is 38.0. The van der Waals surface area contributed by atoms with Crippen LogP contribution in [0.5, 0.6) is 5.75 Å². The first-order chi connectivity index (χ1) is 52.1. The van der Waals surface area contributed by atoms with Crippen molar-refractivity contribution in [2.75, 3.05) is 183 Å². The van der Waals surface area contributed by atoms with Crippen molar-refractivity contribution >= 4 is 97.1 Å². The second-order valence-corrected chi connectivity index (χ2v) is 28.5. The Hall–Kier alpha value is -8.00. The average Bonchev–Trinajstić information content (AvgIpc) is 1.11. The number of unbranched alkanes of at least 4 members (excludes halogenated alkanes) is 1. The number of sulfonamides is 1. The van der Waals surface area contributed by atoms with Crippen LogP contribution in [0, 0.1) is 13.8 Å². The highest BCUT2D eigenvalue weighted by molar-refractivity contribution is 7.89. The van der Waals surface area contributed by atoms with Gasteiger partial charge in [-0.3, -0.25) is 81.0 Å². The van der Waals surface area contributed by atoms with Crippen molar-refractivity contribution in [3.63, 3.8) is 0 Å². The van der Waals surface area contributed by atoms with Gasteiger partial charge in [0.1, 0.15) is 31.3 Å². The van der Waals surface area contributed by atoms with Gasteiger partial charge < -0.3 is 90.9 Å². The van der Waals surface area contributed by atoms with Crippen LogP contribution >= 0.6 is 16.9 Å². The molecule has 2 unspecified atom stereocenters. The van der Waals surface area contributed by atoms with E-state index in [1.165, 1.54) is 12.1 Å². The number of amides is 5. The molecule has 4 aromatic rings. The molecule has 3 heterocycles. The van der Waals surface area contributed by atoms with E-state index in [-0.39, 0.29) is 172 Å². The number of anilines is 1. The van der Waals surface area contributed by atoms with Crippen molar-refractivity contribution in [3.8, 4) is 5.75 Å². The number of imidazole rings is 1. The number of carbonyl (C=O) groups excluding carboxylic acids is 5. The van der Waals surface area contributed by atoms with Crippen molar-refractivity contribution < 1.29 is 119 Å². The molecule has 2 aromatic heterocycles. The van der Waals surface area contributed by atoms with Gasteiger partial charge in [0.2, 0.25) is 33.7 Å². The predicted molar refractivity (Wildman–Crippen MR) is 393 cm³/mol. The van der Waals surface area contributed by atoms with Crippen molar-refractivity contribution in [1.29, 1.82) is 0 Å². The van der Waals surface area contributed by atoms with Gasteiger partial charge in [0.25, 0.3) is 5.91 Å². The summed E-state index contributed by atoms with van der Waals surface area (Å²) in [6.45, 7) is 4.67. The molecule has 44 heteroatoms. The lowest BCUT2D eigenvalue weighted by atomic mass is 10.1. The number of H-pyrrole nitrogens is 1. The van der Waals surface area contributed by atoms with Crippen LogP contribution in [0.4, 0.5) is 5.95 Å². The molecular formula is C65H104N16O25P2S. The number of aliphatic carboxylic acids is 4. The number of hydrogen-bond acceptors (Lipinski definition) is 28. The second-order valence-electron chi connectivity index (χ2n) is 25.2. The lowest BCUT2D eigenvalue weighted by Gasteiger charge is -2.33. The average molecular weight is 1600 g/mol. The van der Waals surface area contributed by atoms with Gasteiger partial charge >= 0.3 is 40.7 Å². The van der Waals surface area contributed by atoms with E-state index < -0.39 is 113 Å². The van der Waals surface area contributed by atoms with E-state index in [4.69, 9.17) is 38.2 Å². The fourth-order valence-electron chi connectivity index (χ4n) is 11.2. The van der Waals surface area contributed by atoms with Crippen LogP contribution in [0.15, 0.2) is 53.8 Å². The highest BCUT2D eigenvalue weighted by atomic mass is 32.2. The van der Waals surface area contributed by atoms with Crippen LogP contribution in [0.3, 0.4) is 0 Å². The third-order valence-electron chi connectivity index (χ3n) is 16.5. The monoisotopic (exact) mass is 1600 g/mol. The zero-order valence-electron chi connectivity index (χ0n) is 61.1. The number of fused-ring (bicyclic) bond motifs is 1. The molecule has 0 aliphatic carbocycles. The number of nitrogens with zero attached hydrogens (tertiary/aromatic N) is 8. The molecule has 1 aliphatic heterocycles. The number of carbonyl (C=O) groups is 9. The standard InChI is InChI=1S/C65H104N16O25P2S/c1-47-35-51(36-48(2)61(47)109(99,100)75-53(64(93)94)39-72-62(91)49-11-12-54-50(37-49)38-73-81(54)19-6-14-69-65-70-17-18-71-65)104-30-5-10-55(82)66-15-7-28-101-31-33-103-34-32-102-29-8-16-68-63(92)52(9-3-4-13-67-56(83)40-80(45-105-107(95)96)46-106-108(97)98)74-57(84)41-76-20-22-77(42-58(85)86)24-26-79(44-60(89)90)27-25-78(23-21-76)43-59(87)88/h11-12,17-18,35-38,52-53,75,95-96,108H,3-10,13-16,19-34,39-46H2,1-2H3,(H,66,82)(H,67,83)(H,68,92)(H,72,91)(H,74,84)(H,85,86)(H,87,88)(H,89,90)(H,93,94)(H,97,98)(H2,69,70,71)/t52-,53?/m1/s1. The fraction of sp³-hybridized carbons (Fsp3) is 0.615. The summed E-state index contributed by atoms with van der Waals surface area (Å²) in [5, 5.41) is 60.7. The molecule has 1 aliphatic rings. The minimum atomic E-state index is -4.42. The molecule has 0 bridgehead atoms. The zero-order chi connectivity index (χ0) is 79.5. The van der Waals surface area contributed by atoms with Gasteiger partial charge in [0.05, 0.1) is 82.4 Å². The van der Waals surface area contributed by atoms with E-state index in [2.05, 4.69) is 56.2 Å². The molecule has 1 saturated heterocycles. The first-order valence-electron chi connectivity index (χ1n) is 35.4. The van der Waals surface area contributed by atoms with Crippen LogP contribution in [-0.2, 0) is 82.7 Å². The first-order valence-corrected chi connectivity index (χ1v) is 39.3. The summed E-state index contributed by atoms with van der Waals surface area (Å²) in [7, 11) is -10.6. The molecule has 15 N–H and O–H groups in total. The number of carboxylic acids is 4. The highest BCUT2D eigenvalue weighted by Crippen LogP contribution is 2.27. The molecule has 109 heavy (non-hydrogen) atoms. The summed E-state index contributed by atoms with van der Waals surface area (Å²) < 4.78 is 74.5. The van der Waals surface area contributed by atoms with E-state index in [0.29, 0.717) is 75.4 Å². The second kappa shape index (κ2) is 50.7. The summed E-state index contributed by atoms with van der Waals surface area (Å²) in [4.78, 5) is 155. The van der Waals surface area contributed by atoms with Crippen LogP contribution < -0.4 is 41.4 Å². The maximum atomic E-state index is 13.8. The number of ether oxygens (including phenoxy) is 4. The van der Waals surface area contributed by atoms with Gasteiger partial charge in [-0.1, -0.05) is 0 Å².